The topological polar surface area (TPSA) is 41.9 Å². The molecule has 1 saturated heterocycles. The highest BCUT2D eigenvalue weighted by Crippen LogP contribution is 2.31. The second-order valence-electron chi connectivity index (χ2n) is 5.26. The largest absolute Gasteiger partial charge is 0.486 e. The molecule has 98 valence electrons. The van der Waals surface area contributed by atoms with Gasteiger partial charge >= 0.3 is 0 Å². The van der Waals surface area contributed by atoms with Crippen molar-refractivity contribution in [3.63, 3.8) is 0 Å². The average molecular weight is 249 g/mol. The number of aliphatic hydroxyl groups is 1. The summed E-state index contributed by atoms with van der Waals surface area (Å²) in [6.45, 7) is 5.15. The van der Waals surface area contributed by atoms with Crippen LogP contribution in [0, 0.1) is 5.92 Å². The molecule has 2 aliphatic heterocycles. The Morgan fingerprint density at radius 3 is 2.78 bits per heavy atom. The fraction of sp³-hybridized carbons (Fsp3) is 0.571. The number of β-amino-alcohol motifs (C(OH)–C–C–N with tert-alkyl or cyclic N) is 1. The lowest BCUT2D eigenvalue weighted by Gasteiger charge is -2.29. The highest BCUT2D eigenvalue weighted by atomic mass is 16.6. The molecule has 0 radical (unpaired) electrons. The van der Waals surface area contributed by atoms with Crippen molar-refractivity contribution in [1.82, 2.24) is 4.90 Å². The van der Waals surface area contributed by atoms with E-state index >= 15 is 0 Å². The van der Waals surface area contributed by atoms with Gasteiger partial charge in [-0.2, -0.15) is 0 Å². The van der Waals surface area contributed by atoms with Crippen LogP contribution in [0.2, 0.25) is 0 Å². The summed E-state index contributed by atoms with van der Waals surface area (Å²) in [5.41, 5.74) is 0. The number of hydrogen-bond donors (Lipinski definition) is 1. The van der Waals surface area contributed by atoms with Crippen LogP contribution in [0.25, 0.3) is 0 Å². The number of aliphatic hydroxyl groups excluding tert-OH is 1. The molecule has 1 unspecified atom stereocenters. The van der Waals surface area contributed by atoms with E-state index in [1.165, 1.54) is 0 Å². The zero-order valence-electron chi connectivity index (χ0n) is 10.6. The van der Waals surface area contributed by atoms with Gasteiger partial charge in [0, 0.05) is 19.6 Å². The van der Waals surface area contributed by atoms with Crippen molar-refractivity contribution < 1.29 is 14.6 Å². The average Bonchev–Trinajstić information content (AvgIpc) is 2.68. The van der Waals surface area contributed by atoms with Crippen LogP contribution in [-0.2, 0) is 0 Å². The summed E-state index contributed by atoms with van der Waals surface area (Å²) in [4.78, 5) is 2.25. The van der Waals surface area contributed by atoms with E-state index in [9.17, 15) is 5.11 Å². The molecule has 0 saturated carbocycles. The van der Waals surface area contributed by atoms with Gasteiger partial charge in [-0.3, -0.25) is 4.90 Å². The molecule has 0 spiro atoms. The van der Waals surface area contributed by atoms with Crippen molar-refractivity contribution in [2.24, 2.45) is 5.92 Å². The Kier molecular flexibility index (Phi) is 3.14. The van der Waals surface area contributed by atoms with Crippen molar-refractivity contribution in [1.29, 1.82) is 0 Å². The van der Waals surface area contributed by atoms with E-state index in [-0.39, 0.29) is 12.2 Å². The molecule has 2 aliphatic rings. The highest BCUT2D eigenvalue weighted by Gasteiger charge is 2.31. The Morgan fingerprint density at radius 2 is 2.06 bits per heavy atom. The van der Waals surface area contributed by atoms with Crippen LogP contribution in [0.1, 0.15) is 6.92 Å². The molecule has 2 heterocycles. The quantitative estimate of drug-likeness (QED) is 0.853. The zero-order chi connectivity index (χ0) is 12.5. The Bertz CT molecular complexity index is 413. The number of rotatable bonds is 2. The van der Waals surface area contributed by atoms with Gasteiger partial charge in [0.1, 0.15) is 12.7 Å². The minimum absolute atomic E-state index is 0.0531. The van der Waals surface area contributed by atoms with E-state index < -0.39 is 0 Å². The maximum Gasteiger partial charge on any atom is 0.161 e. The number of likely N-dealkylation sites (tertiary alicyclic amines) is 1. The predicted octanol–water partition coefficient (Wildman–Crippen LogP) is 1.14. The van der Waals surface area contributed by atoms with Crippen LogP contribution in [0.3, 0.4) is 0 Å². The van der Waals surface area contributed by atoms with Crippen LogP contribution in [0.5, 0.6) is 11.5 Å². The number of fused-ring (bicyclic) bond motifs is 1. The molecule has 1 fully saturated rings. The van der Waals surface area contributed by atoms with Crippen LogP contribution in [0.15, 0.2) is 24.3 Å². The third-order valence-corrected chi connectivity index (χ3v) is 3.68. The molecule has 0 amide bonds. The molecule has 3 rings (SSSR count). The Morgan fingerprint density at radius 1 is 1.28 bits per heavy atom. The second-order valence-corrected chi connectivity index (χ2v) is 5.26. The van der Waals surface area contributed by atoms with Gasteiger partial charge < -0.3 is 14.6 Å². The monoisotopic (exact) mass is 249 g/mol. The molecule has 0 aromatic heterocycles. The third kappa shape index (κ3) is 2.31. The molecule has 4 heteroatoms. The first-order valence-corrected chi connectivity index (χ1v) is 6.51. The van der Waals surface area contributed by atoms with Crippen LogP contribution in [-0.4, -0.2) is 48.5 Å². The highest BCUT2D eigenvalue weighted by molar-refractivity contribution is 5.40. The summed E-state index contributed by atoms with van der Waals surface area (Å²) in [5, 5.41) is 9.74. The molecular formula is C14H19NO3. The lowest BCUT2D eigenvalue weighted by atomic mass is 10.1. The standard InChI is InChI=1S/C14H19NO3/c1-10-6-15(8-12(10)16)7-11-9-17-13-4-2-3-5-14(13)18-11/h2-5,10-12,16H,6-9H2,1H3/t10-,11?,12-/m1/s1. The van der Waals surface area contributed by atoms with E-state index in [0.717, 1.165) is 31.1 Å². The second kappa shape index (κ2) is 4.78. The number of nitrogens with zero attached hydrogens (tertiary/aromatic N) is 1. The molecule has 0 aliphatic carbocycles. The third-order valence-electron chi connectivity index (χ3n) is 3.68. The van der Waals surface area contributed by atoms with Crippen molar-refractivity contribution in [3.8, 4) is 11.5 Å². The van der Waals surface area contributed by atoms with E-state index in [0.29, 0.717) is 12.5 Å². The van der Waals surface area contributed by atoms with Crippen molar-refractivity contribution >= 4 is 0 Å². The van der Waals surface area contributed by atoms with Gasteiger partial charge in [0.2, 0.25) is 0 Å². The number of hydrogen-bond acceptors (Lipinski definition) is 4. The van der Waals surface area contributed by atoms with Gasteiger partial charge in [0.05, 0.1) is 6.10 Å². The van der Waals surface area contributed by atoms with E-state index in [2.05, 4.69) is 11.8 Å². The molecule has 18 heavy (non-hydrogen) atoms. The smallest absolute Gasteiger partial charge is 0.161 e. The lowest BCUT2D eigenvalue weighted by Crippen LogP contribution is -2.40. The summed E-state index contributed by atoms with van der Waals surface area (Å²) in [6, 6.07) is 7.75. The molecular weight excluding hydrogens is 230 g/mol. The fourth-order valence-electron chi connectivity index (χ4n) is 2.64. The van der Waals surface area contributed by atoms with Crippen LogP contribution < -0.4 is 9.47 Å². The van der Waals surface area contributed by atoms with Crippen molar-refractivity contribution in [2.75, 3.05) is 26.2 Å². The first kappa shape index (κ1) is 11.8. The van der Waals surface area contributed by atoms with Gasteiger partial charge in [-0.15, -0.1) is 0 Å². The van der Waals surface area contributed by atoms with Crippen LogP contribution >= 0.6 is 0 Å². The SMILES string of the molecule is C[C@@H]1CN(CC2COc3ccccc3O2)C[C@H]1O. The molecule has 3 atom stereocenters. The van der Waals surface area contributed by atoms with Crippen molar-refractivity contribution in [3.05, 3.63) is 24.3 Å². The number of para-hydroxylation sites is 2. The first-order valence-electron chi connectivity index (χ1n) is 6.51. The minimum atomic E-state index is -0.207. The predicted molar refractivity (Wildman–Crippen MR) is 68.0 cm³/mol. The maximum absolute atomic E-state index is 9.74. The van der Waals surface area contributed by atoms with E-state index in [4.69, 9.17) is 9.47 Å². The minimum Gasteiger partial charge on any atom is -0.486 e. The molecule has 1 N–H and O–H groups in total. The fourth-order valence-corrected chi connectivity index (χ4v) is 2.64. The Balaban J connectivity index is 1.60. The molecule has 0 bridgehead atoms. The maximum atomic E-state index is 9.74. The van der Waals surface area contributed by atoms with Gasteiger partial charge in [0.15, 0.2) is 11.5 Å². The zero-order valence-corrected chi connectivity index (χ0v) is 10.6. The number of ether oxygens (including phenoxy) is 2. The summed E-state index contributed by atoms with van der Waals surface area (Å²) in [5.74, 6) is 1.99. The number of benzene rings is 1. The normalized spacial score (nSPS) is 31.6. The molecule has 1 aromatic carbocycles. The first-order chi connectivity index (χ1) is 8.72. The van der Waals surface area contributed by atoms with Crippen LogP contribution in [0.4, 0.5) is 0 Å². The van der Waals surface area contributed by atoms with Gasteiger partial charge in [-0.1, -0.05) is 19.1 Å². The lowest BCUT2D eigenvalue weighted by molar-refractivity contribution is 0.0610. The summed E-state index contributed by atoms with van der Waals surface area (Å²) < 4.78 is 11.6. The summed E-state index contributed by atoms with van der Waals surface area (Å²) in [7, 11) is 0. The van der Waals surface area contributed by atoms with Gasteiger partial charge in [0.25, 0.3) is 0 Å². The van der Waals surface area contributed by atoms with Gasteiger partial charge in [-0.25, -0.2) is 0 Å². The van der Waals surface area contributed by atoms with E-state index in [1.54, 1.807) is 0 Å². The van der Waals surface area contributed by atoms with Crippen molar-refractivity contribution in [2.45, 2.75) is 19.1 Å². The Labute approximate surface area is 107 Å². The molecule has 1 aromatic rings. The summed E-state index contributed by atoms with van der Waals surface area (Å²) in [6.07, 6.45) is -0.154. The summed E-state index contributed by atoms with van der Waals surface area (Å²) >= 11 is 0. The Hall–Kier alpha value is -1.26. The molecule has 4 nitrogen and oxygen atoms in total. The van der Waals surface area contributed by atoms with Gasteiger partial charge in [-0.05, 0) is 18.1 Å². The van der Waals surface area contributed by atoms with E-state index in [1.807, 2.05) is 24.3 Å².